The molecule has 2 aromatic carbocycles. The van der Waals surface area contributed by atoms with Gasteiger partial charge in [-0.1, -0.05) is 35.9 Å². The lowest BCUT2D eigenvalue weighted by Crippen LogP contribution is -2.52. The molecule has 32 heavy (non-hydrogen) atoms. The van der Waals surface area contributed by atoms with Gasteiger partial charge in [-0.2, -0.15) is 8.78 Å². The van der Waals surface area contributed by atoms with Gasteiger partial charge < -0.3 is 10.2 Å². The van der Waals surface area contributed by atoms with Crippen molar-refractivity contribution in [3.8, 4) is 0 Å². The maximum Gasteiger partial charge on any atom is 0.349 e. The summed E-state index contributed by atoms with van der Waals surface area (Å²) in [4.78, 5) is 50.4. The fourth-order valence-corrected chi connectivity index (χ4v) is 3.46. The molecular weight excluding hydrogens is 444 g/mol. The molecule has 4 amide bonds. The average Bonchev–Trinajstić information content (AvgIpc) is 3.20. The van der Waals surface area contributed by atoms with E-state index in [0.29, 0.717) is 4.90 Å². The van der Waals surface area contributed by atoms with Crippen molar-refractivity contribution in [3.63, 3.8) is 0 Å². The van der Waals surface area contributed by atoms with E-state index in [2.05, 4.69) is 0 Å². The molecule has 2 aromatic rings. The summed E-state index contributed by atoms with van der Waals surface area (Å²) in [6.45, 7) is -0.993. The maximum atomic E-state index is 14.6. The van der Waals surface area contributed by atoms with Gasteiger partial charge in [0.05, 0.1) is 1.37 Å². The number of nitrogens with zero attached hydrogens (tertiary/aromatic N) is 1. The Hall–Kier alpha value is -3.33. The molecule has 1 saturated heterocycles. The molecule has 2 aliphatic rings. The monoisotopic (exact) mass is 466 g/mol. The van der Waals surface area contributed by atoms with E-state index in [1.54, 1.807) is 0 Å². The van der Waals surface area contributed by atoms with Crippen LogP contribution in [0.4, 0.5) is 8.78 Å². The number of rotatable bonds is 5. The molecule has 166 valence electrons. The second-order valence-electron chi connectivity index (χ2n) is 7.06. The lowest BCUT2D eigenvalue weighted by atomic mass is 10.0. The highest BCUT2D eigenvalue weighted by Crippen LogP contribution is 2.30. The van der Waals surface area contributed by atoms with Crippen molar-refractivity contribution in [1.82, 2.24) is 15.5 Å². The Labute approximate surface area is 193 Å². The molecule has 2 heterocycles. The van der Waals surface area contributed by atoms with Gasteiger partial charge in [-0.15, -0.1) is 0 Å². The van der Waals surface area contributed by atoms with E-state index in [4.69, 9.17) is 18.5 Å². The zero-order valence-electron chi connectivity index (χ0n) is 21.2. The van der Waals surface area contributed by atoms with Crippen LogP contribution in [-0.4, -0.2) is 34.5 Å². The van der Waals surface area contributed by atoms with Crippen molar-refractivity contribution in [2.45, 2.75) is 37.8 Å². The Kier molecular flexibility index (Phi) is 4.24. The van der Waals surface area contributed by atoms with Crippen LogP contribution in [0, 0.1) is 0 Å². The first kappa shape index (κ1) is 16.3. The lowest BCUT2D eigenvalue weighted by Gasteiger charge is -2.29. The van der Waals surface area contributed by atoms with Crippen molar-refractivity contribution < 1.29 is 34.9 Å². The topological polar surface area (TPSA) is 95.6 Å². The second kappa shape index (κ2) is 8.31. The number of alkyl halides is 2. The lowest BCUT2D eigenvalue weighted by molar-refractivity contribution is -0.147. The SMILES string of the molecule is [2H]C1C(=O)N([2H])C(=O)[C@]([2H])(N2Cc3cc(CN([2H])C(=O)C(F)(F)c4ccc(Cl)cc4)ccc3C2=O)C1[2H]. The molecule has 2 N–H and O–H groups in total. The molecule has 4 rings (SSSR count). The van der Waals surface area contributed by atoms with Crippen LogP contribution < -0.4 is 10.6 Å². The van der Waals surface area contributed by atoms with Crippen LogP contribution in [-0.2, 0) is 33.4 Å². The smallest absolute Gasteiger partial charge is 0.346 e. The molecule has 0 aliphatic carbocycles. The van der Waals surface area contributed by atoms with E-state index < -0.39 is 67.0 Å². The van der Waals surface area contributed by atoms with Crippen LogP contribution in [0.1, 0.15) is 44.0 Å². The van der Waals surface area contributed by atoms with Crippen molar-refractivity contribution in [2.75, 3.05) is 0 Å². The van der Waals surface area contributed by atoms with Crippen LogP contribution in [0.25, 0.3) is 0 Å². The Morgan fingerprint density at radius 2 is 2.03 bits per heavy atom. The third-order valence-electron chi connectivity index (χ3n) is 4.96. The summed E-state index contributed by atoms with van der Waals surface area (Å²) >= 11 is 5.69. The van der Waals surface area contributed by atoms with Gasteiger partial charge >= 0.3 is 5.92 Å². The Morgan fingerprint density at radius 3 is 2.75 bits per heavy atom. The molecule has 0 saturated carbocycles. The molecule has 2 aliphatic heterocycles. The maximum absolute atomic E-state index is 14.6. The summed E-state index contributed by atoms with van der Waals surface area (Å²) in [5, 5.41) is 0.0649. The van der Waals surface area contributed by atoms with Gasteiger partial charge in [0.15, 0.2) is 2.82 Å². The van der Waals surface area contributed by atoms with E-state index in [1.165, 1.54) is 30.3 Å². The van der Waals surface area contributed by atoms with Gasteiger partial charge in [-0.3, -0.25) is 24.5 Å². The highest BCUT2D eigenvalue weighted by atomic mass is 35.5. The van der Waals surface area contributed by atoms with Crippen molar-refractivity contribution in [3.05, 3.63) is 69.7 Å². The molecule has 10 heteroatoms. The first-order valence-electron chi connectivity index (χ1n) is 11.9. The van der Waals surface area contributed by atoms with Gasteiger partial charge in [0.25, 0.3) is 11.8 Å². The molecule has 2 unspecified atom stereocenters. The van der Waals surface area contributed by atoms with E-state index >= 15 is 0 Å². The number of hydrogen-bond acceptors (Lipinski definition) is 4. The number of piperidine rings is 1. The number of imide groups is 1. The first-order chi connectivity index (χ1) is 17.2. The van der Waals surface area contributed by atoms with Gasteiger partial charge in [-0.05, 0) is 35.7 Å². The predicted molar refractivity (Wildman–Crippen MR) is 110 cm³/mol. The number of hydrogen-bond donors (Lipinski definition) is 2. The Bertz CT molecular complexity index is 1320. The molecule has 0 bridgehead atoms. The molecule has 3 atom stereocenters. The Balaban J connectivity index is 1.55. The normalized spacial score (nSPS) is 27.8. The standard InChI is InChI=1S/C22H18ClF2N3O4/c23-15-4-2-14(3-5-15)22(24,25)21(32)26-10-12-1-6-16-13(9-12)11-28(20(16)31)17-7-8-18(29)27-19(17)30/h1-6,9,17H,7-8,10-11H2,(H,26,32)(H,27,29,30)/t17-/m1/s1/i7D,8D,17D/hD2/t7?,8?,17-. The van der Waals surface area contributed by atoms with Crippen molar-refractivity contribution in [2.24, 2.45) is 0 Å². The third-order valence-corrected chi connectivity index (χ3v) is 5.21. The largest absolute Gasteiger partial charge is 0.349 e. The van der Waals surface area contributed by atoms with E-state index in [9.17, 15) is 28.0 Å². The second-order valence-corrected chi connectivity index (χ2v) is 7.50. The van der Waals surface area contributed by atoms with E-state index in [-0.39, 0.29) is 32.3 Å². The number of amides is 4. The highest BCUT2D eigenvalue weighted by Gasteiger charge is 2.41. The fourth-order valence-electron chi connectivity index (χ4n) is 3.33. The van der Waals surface area contributed by atoms with E-state index in [0.717, 1.165) is 12.1 Å². The minimum absolute atomic E-state index is 0.0136. The molecule has 1 fully saturated rings. The van der Waals surface area contributed by atoms with Gasteiger partial charge in [0.2, 0.25) is 11.8 Å². The van der Waals surface area contributed by atoms with Gasteiger partial charge in [0, 0.05) is 38.4 Å². The summed E-state index contributed by atoms with van der Waals surface area (Å²) in [6, 6.07) is 5.49. The number of fused-ring (bicyclic) bond motifs is 1. The average molecular weight is 467 g/mol. The minimum Gasteiger partial charge on any atom is -0.346 e. The third kappa shape index (κ3) is 4.08. The zero-order valence-corrected chi connectivity index (χ0v) is 17.0. The summed E-state index contributed by atoms with van der Waals surface area (Å²) in [6.07, 6.45) is -3.92. The van der Waals surface area contributed by atoms with Crippen LogP contribution in [0.2, 0.25) is 7.85 Å². The zero-order chi connectivity index (χ0) is 27.4. The van der Waals surface area contributed by atoms with Crippen molar-refractivity contribution in [1.29, 1.82) is 0 Å². The predicted octanol–water partition coefficient (Wildman–Crippen LogP) is 2.51. The van der Waals surface area contributed by atoms with Crippen LogP contribution in [0.3, 0.4) is 0 Å². The summed E-state index contributed by atoms with van der Waals surface area (Å²) < 4.78 is 69.1. The summed E-state index contributed by atoms with van der Waals surface area (Å²) in [5.74, 6) is -9.40. The van der Waals surface area contributed by atoms with Gasteiger partial charge in [-0.25, -0.2) is 0 Å². The van der Waals surface area contributed by atoms with Crippen LogP contribution in [0.5, 0.6) is 0 Å². The fraction of sp³-hybridized carbons (Fsp3) is 0.273. The first-order valence-corrected chi connectivity index (χ1v) is 9.69. The van der Waals surface area contributed by atoms with Crippen LogP contribution >= 0.6 is 11.6 Å². The number of nitrogens with one attached hydrogen (secondary N) is 2. The summed E-state index contributed by atoms with van der Waals surface area (Å²) in [7, 11) is 0. The molecular formula is C22H18ClF2N3O4. The van der Waals surface area contributed by atoms with Crippen LogP contribution in [0.15, 0.2) is 42.5 Å². The number of carbonyl (C=O) groups is 4. The minimum atomic E-state index is -4.01. The number of halogens is 3. The molecule has 0 aromatic heterocycles. The highest BCUT2D eigenvalue weighted by molar-refractivity contribution is 6.30. The molecule has 7 nitrogen and oxygen atoms in total. The number of carbonyl (C=O) groups excluding carboxylic acids is 4. The van der Waals surface area contributed by atoms with Gasteiger partial charge in [0.1, 0.15) is 6.02 Å². The molecule has 0 radical (unpaired) electrons. The van der Waals surface area contributed by atoms with E-state index in [1.807, 2.05) is 0 Å². The molecule has 0 spiro atoms. The van der Waals surface area contributed by atoms with Crippen molar-refractivity contribution >= 4 is 35.2 Å². The summed E-state index contributed by atoms with van der Waals surface area (Å²) in [5.41, 5.74) is -0.225. The Morgan fingerprint density at radius 1 is 1.31 bits per heavy atom. The number of benzene rings is 2. The quantitative estimate of drug-likeness (QED) is 0.662.